The van der Waals surface area contributed by atoms with Crippen molar-refractivity contribution in [1.82, 2.24) is 9.97 Å². The predicted octanol–water partition coefficient (Wildman–Crippen LogP) is 2.39. The zero-order valence-corrected chi connectivity index (χ0v) is 13.2. The molecule has 2 rings (SSSR count). The summed E-state index contributed by atoms with van der Waals surface area (Å²) in [5.41, 5.74) is 1.20. The number of nitrogens with zero attached hydrogens (tertiary/aromatic N) is 3. The molecule has 6 nitrogen and oxygen atoms in total. The number of rotatable bonds is 5. The van der Waals surface area contributed by atoms with Crippen LogP contribution in [0.1, 0.15) is 17.3 Å². The van der Waals surface area contributed by atoms with Crippen LogP contribution in [0.15, 0.2) is 30.5 Å². The van der Waals surface area contributed by atoms with E-state index in [0.717, 1.165) is 11.3 Å². The number of hydrogen-bond donors (Lipinski definition) is 0. The third-order valence-corrected chi connectivity index (χ3v) is 3.04. The first-order chi connectivity index (χ1) is 10.6. The number of methoxy groups -OCH3 is 1. The van der Waals surface area contributed by atoms with Crippen LogP contribution >= 0.6 is 0 Å². The van der Waals surface area contributed by atoms with Gasteiger partial charge < -0.3 is 14.4 Å². The average molecular weight is 301 g/mol. The number of anilines is 1. The molecule has 0 aliphatic heterocycles. The second-order valence-electron chi connectivity index (χ2n) is 4.77. The highest BCUT2D eigenvalue weighted by atomic mass is 16.5. The summed E-state index contributed by atoms with van der Waals surface area (Å²) in [5, 5.41) is 0. The number of aromatic nitrogens is 2. The molecule has 0 bridgehead atoms. The number of hydrogen-bond acceptors (Lipinski definition) is 6. The Morgan fingerprint density at radius 2 is 1.91 bits per heavy atom. The maximum absolute atomic E-state index is 12.0. The van der Waals surface area contributed by atoms with E-state index in [1.165, 1.54) is 6.20 Å². The standard InChI is InChI=1S/C16H19N3O3/c1-5-22-16(20)13-10-17-14(18-15(13)19(2)3)11-6-8-12(21-4)9-7-11/h6-10H,5H2,1-4H3. The zero-order valence-electron chi connectivity index (χ0n) is 13.2. The van der Waals surface area contributed by atoms with E-state index in [1.807, 2.05) is 38.4 Å². The van der Waals surface area contributed by atoms with Gasteiger partial charge in [-0.25, -0.2) is 14.8 Å². The monoisotopic (exact) mass is 301 g/mol. The van der Waals surface area contributed by atoms with Crippen molar-refractivity contribution in [1.29, 1.82) is 0 Å². The van der Waals surface area contributed by atoms with Crippen molar-refractivity contribution in [2.24, 2.45) is 0 Å². The van der Waals surface area contributed by atoms with Gasteiger partial charge in [-0.05, 0) is 31.2 Å². The van der Waals surface area contributed by atoms with E-state index in [4.69, 9.17) is 9.47 Å². The molecule has 1 aromatic heterocycles. The Hall–Kier alpha value is -2.63. The fourth-order valence-corrected chi connectivity index (χ4v) is 1.95. The van der Waals surface area contributed by atoms with E-state index in [-0.39, 0.29) is 0 Å². The highest BCUT2D eigenvalue weighted by molar-refractivity contribution is 5.94. The molecule has 0 aliphatic rings. The fourth-order valence-electron chi connectivity index (χ4n) is 1.95. The van der Waals surface area contributed by atoms with Gasteiger partial charge in [0.15, 0.2) is 5.82 Å². The highest BCUT2D eigenvalue weighted by Crippen LogP contribution is 2.23. The molecule has 0 fully saturated rings. The molecule has 0 N–H and O–H groups in total. The van der Waals surface area contributed by atoms with Gasteiger partial charge in [0.2, 0.25) is 0 Å². The molecule has 0 amide bonds. The van der Waals surface area contributed by atoms with Gasteiger partial charge in [0.05, 0.1) is 13.7 Å². The molecule has 0 spiro atoms. The van der Waals surface area contributed by atoms with Crippen LogP contribution in [-0.2, 0) is 4.74 Å². The Balaban J connectivity index is 2.41. The van der Waals surface area contributed by atoms with E-state index in [2.05, 4.69) is 9.97 Å². The van der Waals surface area contributed by atoms with Crippen LogP contribution in [0.2, 0.25) is 0 Å². The van der Waals surface area contributed by atoms with E-state index >= 15 is 0 Å². The van der Waals surface area contributed by atoms with Crippen LogP contribution in [-0.4, -0.2) is 43.7 Å². The average Bonchev–Trinajstić information content (AvgIpc) is 2.54. The molecular formula is C16H19N3O3. The summed E-state index contributed by atoms with van der Waals surface area (Å²) < 4.78 is 10.2. The fraction of sp³-hybridized carbons (Fsp3) is 0.312. The van der Waals surface area contributed by atoms with Gasteiger partial charge in [0.1, 0.15) is 17.1 Å². The third kappa shape index (κ3) is 3.33. The first kappa shape index (κ1) is 15.8. The lowest BCUT2D eigenvalue weighted by molar-refractivity contribution is 0.0526. The SMILES string of the molecule is CCOC(=O)c1cnc(-c2ccc(OC)cc2)nc1N(C)C. The maximum Gasteiger partial charge on any atom is 0.343 e. The highest BCUT2D eigenvalue weighted by Gasteiger charge is 2.17. The van der Waals surface area contributed by atoms with Crippen molar-refractivity contribution in [2.75, 3.05) is 32.7 Å². The van der Waals surface area contributed by atoms with E-state index < -0.39 is 5.97 Å². The van der Waals surface area contributed by atoms with Gasteiger partial charge in [-0.3, -0.25) is 0 Å². The molecule has 0 saturated carbocycles. The zero-order chi connectivity index (χ0) is 16.1. The number of benzene rings is 1. The normalized spacial score (nSPS) is 10.2. The second kappa shape index (κ2) is 6.89. The summed E-state index contributed by atoms with van der Waals surface area (Å²) in [6.07, 6.45) is 1.50. The van der Waals surface area contributed by atoms with Crippen molar-refractivity contribution in [3.05, 3.63) is 36.0 Å². The Morgan fingerprint density at radius 1 is 1.23 bits per heavy atom. The van der Waals surface area contributed by atoms with Gasteiger partial charge in [-0.2, -0.15) is 0 Å². The van der Waals surface area contributed by atoms with Crippen LogP contribution in [0.4, 0.5) is 5.82 Å². The summed E-state index contributed by atoms with van der Waals surface area (Å²) in [6, 6.07) is 7.43. The number of esters is 1. The Morgan fingerprint density at radius 3 is 2.45 bits per heavy atom. The molecule has 2 aromatic rings. The molecule has 0 aliphatic carbocycles. The minimum absolute atomic E-state index is 0.311. The van der Waals surface area contributed by atoms with Crippen molar-refractivity contribution < 1.29 is 14.3 Å². The molecule has 1 heterocycles. The summed E-state index contributed by atoms with van der Waals surface area (Å²) in [4.78, 5) is 22.5. The van der Waals surface area contributed by atoms with Gasteiger partial charge in [0, 0.05) is 25.9 Å². The van der Waals surface area contributed by atoms with Crippen molar-refractivity contribution in [3.8, 4) is 17.1 Å². The Kier molecular flexibility index (Phi) is 4.93. The number of ether oxygens (including phenoxy) is 2. The van der Waals surface area contributed by atoms with E-state index in [9.17, 15) is 4.79 Å². The lowest BCUT2D eigenvalue weighted by atomic mass is 10.2. The summed E-state index contributed by atoms with van der Waals surface area (Å²) in [5.74, 6) is 1.41. The van der Waals surface area contributed by atoms with Gasteiger partial charge in [-0.15, -0.1) is 0 Å². The Labute approximate surface area is 129 Å². The predicted molar refractivity (Wildman–Crippen MR) is 84.3 cm³/mol. The molecule has 22 heavy (non-hydrogen) atoms. The van der Waals surface area contributed by atoms with Crippen LogP contribution in [0.3, 0.4) is 0 Å². The molecule has 0 unspecified atom stereocenters. The van der Waals surface area contributed by atoms with Crippen molar-refractivity contribution in [2.45, 2.75) is 6.92 Å². The topological polar surface area (TPSA) is 64.5 Å². The molecule has 1 aromatic carbocycles. The smallest absolute Gasteiger partial charge is 0.343 e. The largest absolute Gasteiger partial charge is 0.497 e. The van der Waals surface area contributed by atoms with Crippen LogP contribution in [0, 0.1) is 0 Å². The summed E-state index contributed by atoms with van der Waals surface area (Å²) in [6.45, 7) is 2.08. The van der Waals surface area contributed by atoms with Crippen molar-refractivity contribution in [3.63, 3.8) is 0 Å². The number of carbonyl (C=O) groups is 1. The minimum Gasteiger partial charge on any atom is -0.497 e. The van der Waals surface area contributed by atoms with Crippen LogP contribution in [0.5, 0.6) is 5.75 Å². The van der Waals surface area contributed by atoms with E-state index in [0.29, 0.717) is 23.8 Å². The van der Waals surface area contributed by atoms with E-state index in [1.54, 1.807) is 18.9 Å². The molecule has 0 saturated heterocycles. The first-order valence-corrected chi connectivity index (χ1v) is 6.92. The third-order valence-electron chi connectivity index (χ3n) is 3.04. The quantitative estimate of drug-likeness (QED) is 0.790. The van der Waals surface area contributed by atoms with Crippen LogP contribution in [0.25, 0.3) is 11.4 Å². The first-order valence-electron chi connectivity index (χ1n) is 6.92. The molecular weight excluding hydrogens is 282 g/mol. The second-order valence-corrected chi connectivity index (χ2v) is 4.77. The Bertz CT molecular complexity index is 654. The molecule has 0 atom stereocenters. The summed E-state index contributed by atoms with van der Waals surface area (Å²) in [7, 11) is 5.26. The molecule has 6 heteroatoms. The maximum atomic E-state index is 12.0. The van der Waals surface area contributed by atoms with Gasteiger partial charge in [-0.1, -0.05) is 0 Å². The number of carbonyl (C=O) groups excluding carboxylic acids is 1. The lowest BCUT2D eigenvalue weighted by Crippen LogP contribution is -2.18. The lowest BCUT2D eigenvalue weighted by Gasteiger charge is -2.16. The van der Waals surface area contributed by atoms with Gasteiger partial charge >= 0.3 is 5.97 Å². The minimum atomic E-state index is -0.424. The summed E-state index contributed by atoms with van der Waals surface area (Å²) >= 11 is 0. The van der Waals surface area contributed by atoms with Crippen LogP contribution < -0.4 is 9.64 Å². The van der Waals surface area contributed by atoms with Crippen molar-refractivity contribution >= 4 is 11.8 Å². The van der Waals surface area contributed by atoms with Gasteiger partial charge in [0.25, 0.3) is 0 Å². The molecule has 116 valence electrons. The molecule has 0 radical (unpaired) electrons.